The molecular formula is C26H20BrF5N4O3S. The van der Waals surface area contributed by atoms with E-state index >= 15 is 0 Å². The summed E-state index contributed by atoms with van der Waals surface area (Å²) in [6.45, 7) is 1.13. The Bertz CT molecular complexity index is 1560. The largest absolute Gasteiger partial charge is 0.471 e. The average molecular weight is 643 g/mol. The van der Waals surface area contributed by atoms with E-state index in [1.54, 1.807) is 18.2 Å². The molecule has 0 spiro atoms. The summed E-state index contributed by atoms with van der Waals surface area (Å²) in [4.78, 5) is 27.2. The minimum Gasteiger partial charge on any atom is -0.383 e. The summed E-state index contributed by atoms with van der Waals surface area (Å²) in [5, 5.41) is 9.85. The Hall–Kier alpha value is -3.49. The Morgan fingerprint density at radius 2 is 1.77 bits per heavy atom. The zero-order valence-electron chi connectivity index (χ0n) is 20.8. The fourth-order valence-corrected chi connectivity index (χ4v) is 5.22. The van der Waals surface area contributed by atoms with E-state index in [0.717, 1.165) is 17.8 Å². The molecule has 7 nitrogen and oxygen atoms in total. The van der Waals surface area contributed by atoms with Gasteiger partial charge in [-0.05, 0) is 55.5 Å². The van der Waals surface area contributed by atoms with Crippen LogP contribution in [0.4, 0.5) is 33.5 Å². The van der Waals surface area contributed by atoms with Gasteiger partial charge in [0.05, 0.1) is 29.4 Å². The van der Waals surface area contributed by atoms with Gasteiger partial charge in [-0.25, -0.2) is 8.78 Å². The summed E-state index contributed by atoms with van der Waals surface area (Å²) in [7, 11) is 1.28. The van der Waals surface area contributed by atoms with Crippen LogP contribution in [0.2, 0.25) is 0 Å². The summed E-state index contributed by atoms with van der Waals surface area (Å²) in [5.41, 5.74) is 0.00679. The molecule has 0 aliphatic carbocycles. The van der Waals surface area contributed by atoms with Crippen LogP contribution in [0, 0.1) is 11.6 Å². The fraction of sp³-hybridized carbons (Fsp3) is 0.192. The average Bonchev–Trinajstić information content (AvgIpc) is 3.25. The van der Waals surface area contributed by atoms with Crippen molar-refractivity contribution < 1.29 is 36.3 Å². The van der Waals surface area contributed by atoms with E-state index in [1.165, 1.54) is 44.4 Å². The van der Waals surface area contributed by atoms with Crippen LogP contribution < -0.4 is 10.2 Å². The molecule has 14 heteroatoms. The molecule has 0 fully saturated rings. The number of ether oxygens (including phenoxy) is 1. The van der Waals surface area contributed by atoms with Gasteiger partial charge in [-0.1, -0.05) is 27.7 Å². The summed E-state index contributed by atoms with van der Waals surface area (Å²) in [5.74, 6) is -4.40. The van der Waals surface area contributed by atoms with Crippen LogP contribution >= 0.6 is 27.7 Å². The third-order valence-corrected chi connectivity index (χ3v) is 7.07. The number of nitrogens with one attached hydrogen (secondary N) is 2. The second-order valence-corrected chi connectivity index (χ2v) is 10.6. The van der Waals surface area contributed by atoms with Crippen molar-refractivity contribution in [2.24, 2.45) is 0 Å². The Morgan fingerprint density at radius 1 is 1.07 bits per heavy atom. The molecule has 3 aromatic carbocycles. The highest BCUT2D eigenvalue weighted by molar-refractivity contribution is 9.10. The molecule has 4 aromatic rings. The number of alkyl halides is 3. The van der Waals surface area contributed by atoms with Crippen molar-refractivity contribution >= 4 is 61.9 Å². The SMILES string of the molecule is COC[C@@H](C)N(C(=O)C(F)(F)F)c1cc(Br)ccc1C(=O)Nc1n[nH]c2ccc(Sc3cc(F)cc(F)c3)cc12. The highest BCUT2D eigenvalue weighted by atomic mass is 79.9. The number of anilines is 2. The van der Waals surface area contributed by atoms with E-state index in [4.69, 9.17) is 4.74 Å². The molecular weight excluding hydrogens is 623 g/mol. The topological polar surface area (TPSA) is 87.3 Å². The van der Waals surface area contributed by atoms with Crippen LogP contribution in [0.25, 0.3) is 10.9 Å². The lowest BCUT2D eigenvalue weighted by Crippen LogP contribution is -2.48. The number of fused-ring (bicyclic) bond motifs is 1. The number of aromatic nitrogens is 2. The molecule has 2 N–H and O–H groups in total. The van der Waals surface area contributed by atoms with Gasteiger partial charge in [-0.2, -0.15) is 18.3 Å². The molecule has 0 saturated carbocycles. The number of benzene rings is 3. The minimum absolute atomic E-state index is 0.0559. The predicted molar refractivity (Wildman–Crippen MR) is 144 cm³/mol. The first-order valence-corrected chi connectivity index (χ1v) is 13.1. The summed E-state index contributed by atoms with van der Waals surface area (Å²) in [6, 6.07) is 11.0. The first-order chi connectivity index (χ1) is 18.9. The number of halogens is 6. The van der Waals surface area contributed by atoms with Crippen molar-refractivity contribution in [3.05, 3.63) is 76.3 Å². The Labute approximate surface area is 237 Å². The monoisotopic (exact) mass is 642 g/mol. The highest BCUT2D eigenvalue weighted by Crippen LogP contribution is 2.34. The minimum atomic E-state index is -5.21. The summed E-state index contributed by atoms with van der Waals surface area (Å²) < 4.78 is 73.1. The molecule has 40 heavy (non-hydrogen) atoms. The lowest BCUT2D eigenvalue weighted by molar-refractivity contribution is -0.171. The quantitative estimate of drug-likeness (QED) is 0.203. The molecule has 0 unspecified atom stereocenters. The fourth-order valence-electron chi connectivity index (χ4n) is 3.95. The van der Waals surface area contributed by atoms with Crippen molar-refractivity contribution in [3.8, 4) is 0 Å². The van der Waals surface area contributed by atoms with E-state index in [-0.39, 0.29) is 23.7 Å². The number of hydrogen-bond acceptors (Lipinski definition) is 5. The molecule has 0 bridgehead atoms. The van der Waals surface area contributed by atoms with Crippen LogP contribution in [0.5, 0.6) is 0 Å². The molecule has 0 saturated heterocycles. The van der Waals surface area contributed by atoms with E-state index in [1.807, 2.05) is 0 Å². The lowest BCUT2D eigenvalue weighted by atomic mass is 10.1. The van der Waals surface area contributed by atoms with Crippen molar-refractivity contribution in [2.45, 2.75) is 28.9 Å². The third kappa shape index (κ3) is 6.62. The van der Waals surface area contributed by atoms with Crippen LogP contribution in [0.15, 0.2) is 68.9 Å². The zero-order valence-corrected chi connectivity index (χ0v) is 23.2. The van der Waals surface area contributed by atoms with E-state index in [9.17, 15) is 31.5 Å². The van der Waals surface area contributed by atoms with Crippen molar-refractivity contribution in [2.75, 3.05) is 23.9 Å². The first kappa shape index (κ1) is 29.5. The zero-order chi connectivity index (χ0) is 29.2. The number of methoxy groups -OCH3 is 1. The number of H-pyrrole nitrogens is 1. The standard InChI is InChI=1S/C26H20BrF5N4O3S/c1-13(12-39-2)36(25(38)26(30,31)32)22-7-14(27)3-5-19(22)24(37)33-23-20-11-17(4-6-21(20)34-35-23)40-18-9-15(28)8-16(29)10-18/h3-11,13H,12H2,1-2H3,(H2,33,34,35,37)/t13-/m1/s1. The predicted octanol–water partition coefficient (Wildman–Crippen LogP) is 6.94. The van der Waals surface area contributed by atoms with Crippen LogP contribution in [-0.4, -0.2) is 47.9 Å². The smallest absolute Gasteiger partial charge is 0.383 e. The lowest BCUT2D eigenvalue weighted by Gasteiger charge is -2.31. The van der Waals surface area contributed by atoms with Crippen molar-refractivity contribution in [3.63, 3.8) is 0 Å². The molecule has 1 atom stereocenters. The number of carbonyl (C=O) groups excluding carboxylic acids is 2. The van der Waals surface area contributed by atoms with Gasteiger partial charge in [0.25, 0.3) is 5.91 Å². The van der Waals surface area contributed by atoms with Gasteiger partial charge in [-0.15, -0.1) is 0 Å². The van der Waals surface area contributed by atoms with Crippen LogP contribution in [-0.2, 0) is 9.53 Å². The van der Waals surface area contributed by atoms with Gasteiger partial charge in [0.2, 0.25) is 0 Å². The van der Waals surface area contributed by atoms with Crippen molar-refractivity contribution in [1.29, 1.82) is 0 Å². The maximum absolute atomic E-state index is 13.6. The maximum Gasteiger partial charge on any atom is 0.471 e. The Morgan fingerprint density at radius 3 is 2.42 bits per heavy atom. The summed E-state index contributed by atoms with van der Waals surface area (Å²) >= 11 is 4.27. The number of carbonyl (C=O) groups is 2. The van der Waals surface area contributed by atoms with Crippen LogP contribution in [0.1, 0.15) is 17.3 Å². The maximum atomic E-state index is 13.6. The molecule has 1 aromatic heterocycles. The molecule has 1 heterocycles. The van der Waals surface area contributed by atoms with Gasteiger partial charge in [0.15, 0.2) is 5.82 Å². The molecule has 4 rings (SSSR count). The molecule has 0 aliphatic heterocycles. The molecule has 0 aliphatic rings. The molecule has 210 valence electrons. The second-order valence-electron chi connectivity index (χ2n) is 8.58. The number of amides is 2. The highest BCUT2D eigenvalue weighted by Gasteiger charge is 2.45. The number of hydrogen-bond donors (Lipinski definition) is 2. The number of nitrogens with zero attached hydrogens (tertiary/aromatic N) is 2. The van der Waals surface area contributed by atoms with E-state index < -0.39 is 35.7 Å². The Balaban J connectivity index is 1.69. The molecule has 2 amide bonds. The van der Waals surface area contributed by atoms with E-state index in [0.29, 0.717) is 30.1 Å². The van der Waals surface area contributed by atoms with Gasteiger partial charge >= 0.3 is 12.1 Å². The summed E-state index contributed by atoms with van der Waals surface area (Å²) in [6.07, 6.45) is -5.21. The number of aromatic amines is 1. The Kier molecular flexibility index (Phi) is 8.80. The first-order valence-electron chi connectivity index (χ1n) is 11.5. The molecule has 0 radical (unpaired) electrons. The van der Waals surface area contributed by atoms with Gasteiger partial charge in [0.1, 0.15) is 11.6 Å². The second kappa shape index (κ2) is 11.9. The van der Waals surface area contributed by atoms with Gasteiger partial charge < -0.3 is 10.1 Å². The number of rotatable bonds is 8. The van der Waals surface area contributed by atoms with Gasteiger partial charge in [0, 0.05) is 32.8 Å². The van der Waals surface area contributed by atoms with Gasteiger partial charge in [-0.3, -0.25) is 19.6 Å². The normalized spacial score (nSPS) is 12.4. The van der Waals surface area contributed by atoms with Crippen LogP contribution in [0.3, 0.4) is 0 Å². The van der Waals surface area contributed by atoms with E-state index in [2.05, 4.69) is 31.4 Å². The third-order valence-electron chi connectivity index (χ3n) is 5.61. The van der Waals surface area contributed by atoms with Crippen molar-refractivity contribution in [1.82, 2.24) is 10.2 Å².